The summed E-state index contributed by atoms with van der Waals surface area (Å²) in [6.45, 7) is 6.87. The normalized spacial score (nSPS) is 16.8. The van der Waals surface area contributed by atoms with Crippen LogP contribution in [0.2, 0.25) is 0 Å². The number of nitrogens with zero attached hydrogens (tertiary/aromatic N) is 2. The third kappa shape index (κ3) is 5.40. The highest BCUT2D eigenvalue weighted by atomic mass is 19.4. The molecular weight excluding hydrogens is 293 g/mol. The minimum atomic E-state index is -4.64. The summed E-state index contributed by atoms with van der Waals surface area (Å²) in [4.78, 5) is 4.53. The number of piperazine rings is 1. The molecule has 0 saturated carbocycles. The second-order valence-corrected chi connectivity index (χ2v) is 5.58. The number of unbranched alkanes of at least 4 members (excludes halogenated alkanes) is 2. The number of alkyl halides is 3. The number of anilines is 1. The fourth-order valence-electron chi connectivity index (χ4n) is 2.69. The SMILES string of the molecule is CCCCCN1CCN(c2cccc(OC(F)(F)F)c2)CC1. The molecule has 1 aliphatic rings. The summed E-state index contributed by atoms with van der Waals surface area (Å²) in [5.41, 5.74) is 0.787. The molecule has 0 unspecified atom stereocenters. The molecule has 0 bridgehead atoms. The molecule has 1 aliphatic heterocycles. The molecule has 1 fully saturated rings. The van der Waals surface area contributed by atoms with Crippen LogP contribution in [0, 0.1) is 0 Å². The lowest BCUT2D eigenvalue weighted by Gasteiger charge is -2.36. The van der Waals surface area contributed by atoms with Crippen molar-refractivity contribution < 1.29 is 17.9 Å². The lowest BCUT2D eigenvalue weighted by molar-refractivity contribution is -0.274. The molecule has 22 heavy (non-hydrogen) atoms. The van der Waals surface area contributed by atoms with Gasteiger partial charge in [-0.3, -0.25) is 4.90 Å². The van der Waals surface area contributed by atoms with Gasteiger partial charge in [0.25, 0.3) is 0 Å². The van der Waals surface area contributed by atoms with Crippen molar-refractivity contribution in [1.29, 1.82) is 0 Å². The van der Waals surface area contributed by atoms with E-state index >= 15 is 0 Å². The molecule has 2 rings (SSSR count). The third-order valence-corrected chi connectivity index (χ3v) is 3.87. The van der Waals surface area contributed by atoms with Crippen LogP contribution < -0.4 is 9.64 Å². The minimum Gasteiger partial charge on any atom is -0.406 e. The van der Waals surface area contributed by atoms with Crippen LogP contribution in [0.1, 0.15) is 26.2 Å². The Morgan fingerprint density at radius 3 is 2.45 bits per heavy atom. The van der Waals surface area contributed by atoms with E-state index in [0.29, 0.717) is 0 Å². The molecule has 3 nitrogen and oxygen atoms in total. The maximum atomic E-state index is 12.3. The number of halogens is 3. The van der Waals surface area contributed by atoms with Gasteiger partial charge >= 0.3 is 6.36 Å². The van der Waals surface area contributed by atoms with Gasteiger partial charge in [-0.25, -0.2) is 0 Å². The summed E-state index contributed by atoms with van der Waals surface area (Å²) >= 11 is 0. The molecule has 0 radical (unpaired) electrons. The highest BCUT2D eigenvalue weighted by Gasteiger charge is 2.31. The summed E-state index contributed by atoms with van der Waals surface area (Å²) in [7, 11) is 0. The highest BCUT2D eigenvalue weighted by molar-refractivity contribution is 5.51. The zero-order valence-corrected chi connectivity index (χ0v) is 12.9. The Hall–Kier alpha value is -1.43. The zero-order chi connectivity index (χ0) is 16.0. The lowest BCUT2D eigenvalue weighted by atomic mass is 10.2. The molecule has 0 atom stereocenters. The molecule has 0 aromatic heterocycles. The van der Waals surface area contributed by atoms with E-state index in [9.17, 15) is 13.2 Å². The van der Waals surface area contributed by atoms with Crippen molar-refractivity contribution in [2.45, 2.75) is 32.5 Å². The van der Waals surface area contributed by atoms with Crippen LogP contribution in [0.15, 0.2) is 24.3 Å². The van der Waals surface area contributed by atoms with Crippen molar-refractivity contribution in [2.24, 2.45) is 0 Å². The number of ether oxygens (including phenoxy) is 1. The molecule has 1 aromatic carbocycles. The Bertz CT molecular complexity index is 457. The van der Waals surface area contributed by atoms with Crippen LogP contribution in [0.5, 0.6) is 5.75 Å². The van der Waals surface area contributed by atoms with Crippen molar-refractivity contribution in [3.8, 4) is 5.75 Å². The maximum absolute atomic E-state index is 12.3. The number of hydrogen-bond donors (Lipinski definition) is 0. The van der Waals surface area contributed by atoms with Crippen molar-refractivity contribution >= 4 is 5.69 Å². The first-order chi connectivity index (χ1) is 10.5. The van der Waals surface area contributed by atoms with Crippen molar-refractivity contribution in [1.82, 2.24) is 4.90 Å². The first-order valence-corrected chi connectivity index (χ1v) is 7.81. The van der Waals surface area contributed by atoms with Gasteiger partial charge in [-0.05, 0) is 25.1 Å². The molecule has 124 valence electrons. The fraction of sp³-hybridized carbons (Fsp3) is 0.625. The Labute approximate surface area is 129 Å². The van der Waals surface area contributed by atoms with Crippen LogP contribution in [-0.2, 0) is 0 Å². The van der Waals surface area contributed by atoms with Crippen LogP contribution in [0.4, 0.5) is 18.9 Å². The largest absolute Gasteiger partial charge is 0.573 e. The standard InChI is InChI=1S/C16H23F3N2O/c1-2-3-4-8-20-9-11-21(12-10-20)14-6-5-7-15(13-14)22-16(17,18)19/h5-7,13H,2-4,8-12H2,1H3. The monoisotopic (exact) mass is 316 g/mol. The third-order valence-electron chi connectivity index (χ3n) is 3.87. The van der Waals surface area contributed by atoms with Crippen molar-refractivity contribution in [3.63, 3.8) is 0 Å². The first-order valence-electron chi connectivity index (χ1n) is 7.81. The zero-order valence-electron chi connectivity index (χ0n) is 12.9. The molecule has 0 N–H and O–H groups in total. The average Bonchev–Trinajstić information content (AvgIpc) is 2.47. The molecule has 0 spiro atoms. The van der Waals surface area contributed by atoms with E-state index in [1.807, 2.05) is 6.07 Å². The topological polar surface area (TPSA) is 15.7 Å². The van der Waals surface area contributed by atoms with E-state index in [-0.39, 0.29) is 5.75 Å². The predicted molar refractivity (Wildman–Crippen MR) is 81.3 cm³/mol. The van der Waals surface area contributed by atoms with Crippen LogP contribution in [0.25, 0.3) is 0 Å². The molecule has 1 heterocycles. The summed E-state index contributed by atoms with van der Waals surface area (Å²) in [5, 5.41) is 0. The van der Waals surface area contributed by atoms with Gasteiger partial charge < -0.3 is 9.64 Å². The Balaban J connectivity index is 1.87. The van der Waals surface area contributed by atoms with Gasteiger partial charge in [0.15, 0.2) is 0 Å². The molecular formula is C16H23F3N2O. The van der Waals surface area contributed by atoms with Crippen molar-refractivity contribution in [3.05, 3.63) is 24.3 Å². The summed E-state index contributed by atoms with van der Waals surface area (Å²) in [6, 6.07) is 6.22. The Kier molecular flexibility index (Phi) is 5.94. The summed E-state index contributed by atoms with van der Waals surface area (Å²) in [5.74, 6) is -0.157. The molecule has 0 aliphatic carbocycles. The number of benzene rings is 1. The van der Waals surface area contributed by atoms with E-state index in [2.05, 4.69) is 21.5 Å². The molecule has 0 amide bonds. The quantitative estimate of drug-likeness (QED) is 0.740. The van der Waals surface area contributed by atoms with Crippen LogP contribution in [-0.4, -0.2) is 44.0 Å². The van der Waals surface area contributed by atoms with Crippen LogP contribution in [0.3, 0.4) is 0 Å². The smallest absolute Gasteiger partial charge is 0.406 e. The number of rotatable bonds is 6. The van der Waals surface area contributed by atoms with Gasteiger partial charge in [-0.2, -0.15) is 0 Å². The summed E-state index contributed by atoms with van der Waals surface area (Å²) < 4.78 is 40.8. The molecule has 1 saturated heterocycles. The van der Waals surface area contributed by atoms with Gasteiger partial charge in [0, 0.05) is 37.9 Å². The number of hydrogen-bond acceptors (Lipinski definition) is 3. The predicted octanol–water partition coefficient (Wildman–Crippen LogP) is 3.90. The summed E-state index contributed by atoms with van der Waals surface area (Å²) in [6.07, 6.45) is -0.967. The molecule has 6 heteroatoms. The second kappa shape index (κ2) is 7.72. The van der Waals surface area contributed by atoms with Gasteiger partial charge in [0.05, 0.1) is 0 Å². The fourth-order valence-corrected chi connectivity index (χ4v) is 2.69. The van der Waals surface area contributed by atoms with Gasteiger partial charge in [0.2, 0.25) is 0 Å². The lowest BCUT2D eigenvalue weighted by Crippen LogP contribution is -2.46. The Morgan fingerprint density at radius 2 is 1.82 bits per heavy atom. The minimum absolute atomic E-state index is 0.157. The van der Waals surface area contributed by atoms with E-state index in [1.165, 1.54) is 31.4 Å². The second-order valence-electron chi connectivity index (χ2n) is 5.58. The first kappa shape index (κ1) is 16.9. The van der Waals surface area contributed by atoms with E-state index in [4.69, 9.17) is 0 Å². The highest BCUT2D eigenvalue weighted by Crippen LogP contribution is 2.27. The van der Waals surface area contributed by atoms with E-state index in [1.54, 1.807) is 6.07 Å². The van der Waals surface area contributed by atoms with Crippen LogP contribution >= 0.6 is 0 Å². The van der Waals surface area contributed by atoms with E-state index < -0.39 is 6.36 Å². The maximum Gasteiger partial charge on any atom is 0.573 e. The van der Waals surface area contributed by atoms with Gasteiger partial charge in [0.1, 0.15) is 5.75 Å². The van der Waals surface area contributed by atoms with Gasteiger partial charge in [-0.15, -0.1) is 13.2 Å². The average molecular weight is 316 g/mol. The van der Waals surface area contributed by atoms with E-state index in [0.717, 1.165) is 38.4 Å². The Morgan fingerprint density at radius 1 is 1.09 bits per heavy atom. The van der Waals surface area contributed by atoms with Crippen molar-refractivity contribution in [2.75, 3.05) is 37.6 Å². The molecule has 1 aromatic rings. The van der Waals surface area contributed by atoms with Gasteiger partial charge in [-0.1, -0.05) is 25.8 Å².